The van der Waals surface area contributed by atoms with Gasteiger partial charge in [-0.05, 0) is 36.5 Å². The fraction of sp³-hybridized carbons (Fsp3) is 0.462. The van der Waals surface area contributed by atoms with Crippen LogP contribution in [0.2, 0.25) is 0 Å². The first kappa shape index (κ1) is 10.7. The van der Waals surface area contributed by atoms with Crippen LogP contribution < -0.4 is 0 Å². The molecule has 0 aromatic heterocycles. The van der Waals surface area contributed by atoms with E-state index in [9.17, 15) is 5.26 Å². The third kappa shape index (κ3) is 2.41. The molecule has 1 aliphatic rings. The summed E-state index contributed by atoms with van der Waals surface area (Å²) in [5, 5.41) is 9.27. The Kier molecular flexibility index (Phi) is 3.43. The van der Waals surface area contributed by atoms with E-state index < -0.39 is 0 Å². The zero-order valence-corrected chi connectivity index (χ0v) is 10.2. The van der Waals surface area contributed by atoms with Gasteiger partial charge >= 0.3 is 0 Å². The van der Waals surface area contributed by atoms with Crippen LogP contribution in [0.1, 0.15) is 37.2 Å². The Balaban J connectivity index is 2.23. The Hall–Kier alpha value is -0.810. The van der Waals surface area contributed by atoms with E-state index in [1.54, 1.807) is 0 Å². The lowest BCUT2D eigenvalue weighted by molar-refractivity contribution is 0.501. The van der Waals surface area contributed by atoms with Crippen molar-refractivity contribution in [1.82, 2.24) is 0 Å². The van der Waals surface area contributed by atoms with Crippen molar-refractivity contribution < 1.29 is 0 Å². The number of halogens is 1. The molecule has 0 aliphatic heterocycles. The molecule has 78 valence electrons. The minimum atomic E-state index is 0.0880. The summed E-state index contributed by atoms with van der Waals surface area (Å²) in [6, 6.07) is 10.6. The molecule has 0 heterocycles. The second-order valence-corrected chi connectivity index (χ2v) is 5.12. The normalized spacial score (nSPS) is 18.7. The molecule has 0 N–H and O–H groups in total. The van der Waals surface area contributed by atoms with E-state index in [-0.39, 0.29) is 5.92 Å². The van der Waals surface area contributed by atoms with Crippen molar-refractivity contribution >= 4 is 15.9 Å². The van der Waals surface area contributed by atoms with Gasteiger partial charge in [0.15, 0.2) is 0 Å². The maximum absolute atomic E-state index is 9.27. The van der Waals surface area contributed by atoms with Gasteiger partial charge in [-0.2, -0.15) is 5.26 Å². The molecule has 2 heteroatoms. The highest BCUT2D eigenvalue weighted by molar-refractivity contribution is 9.10. The van der Waals surface area contributed by atoms with Gasteiger partial charge < -0.3 is 0 Å². The number of benzene rings is 1. The van der Waals surface area contributed by atoms with Crippen molar-refractivity contribution in [3.05, 3.63) is 34.3 Å². The molecule has 1 atom stereocenters. The fourth-order valence-electron chi connectivity index (χ4n) is 2.44. The predicted molar refractivity (Wildman–Crippen MR) is 64.5 cm³/mol. The summed E-state index contributed by atoms with van der Waals surface area (Å²) >= 11 is 3.46. The molecular weight excluding hydrogens is 250 g/mol. The molecule has 1 saturated carbocycles. The largest absolute Gasteiger partial charge is 0.198 e. The number of hydrogen-bond donors (Lipinski definition) is 0. The van der Waals surface area contributed by atoms with Crippen molar-refractivity contribution in [3.8, 4) is 6.07 Å². The van der Waals surface area contributed by atoms with Gasteiger partial charge in [0.25, 0.3) is 0 Å². The summed E-state index contributed by atoms with van der Waals surface area (Å²) in [5.74, 6) is 0.661. The Morgan fingerprint density at radius 1 is 1.33 bits per heavy atom. The van der Waals surface area contributed by atoms with Crippen LogP contribution in [0.3, 0.4) is 0 Å². The Morgan fingerprint density at radius 3 is 2.67 bits per heavy atom. The highest BCUT2D eigenvalue weighted by Crippen LogP contribution is 2.37. The Labute approximate surface area is 99.2 Å². The molecule has 1 aliphatic carbocycles. The van der Waals surface area contributed by atoms with Gasteiger partial charge in [0.2, 0.25) is 0 Å². The third-order valence-electron chi connectivity index (χ3n) is 3.22. The molecule has 0 saturated heterocycles. The average Bonchev–Trinajstić information content (AvgIpc) is 2.72. The first-order valence-electron chi connectivity index (χ1n) is 5.46. The topological polar surface area (TPSA) is 23.8 Å². The zero-order valence-electron chi connectivity index (χ0n) is 8.62. The van der Waals surface area contributed by atoms with Crippen molar-refractivity contribution in [2.45, 2.75) is 31.6 Å². The lowest BCUT2D eigenvalue weighted by Crippen LogP contribution is -2.07. The molecule has 2 rings (SSSR count). The SMILES string of the molecule is N#C[C@@H](c1cccc(Br)c1)C1CCCC1. The molecule has 0 bridgehead atoms. The molecule has 1 nitrogen and oxygen atoms in total. The minimum Gasteiger partial charge on any atom is -0.198 e. The van der Waals surface area contributed by atoms with Gasteiger partial charge in [-0.15, -0.1) is 0 Å². The molecule has 0 radical (unpaired) electrons. The smallest absolute Gasteiger partial charge is 0.0741 e. The highest BCUT2D eigenvalue weighted by Gasteiger charge is 2.26. The monoisotopic (exact) mass is 263 g/mol. The molecule has 0 unspecified atom stereocenters. The molecule has 0 spiro atoms. The molecule has 15 heavy (non-hydrogen) atoms. The summed E-state index contributed by atoms with van der Waals surface area (Å²) in [7, 11) is 0. The van der Waals surface area contributed by atoms with Crippen LogP contribution in [0.15, 0.2) is 28.7 Å². The maximum Gasteiger partial charge on any atom is 0.0741 e. The van der Waals surface area contributed by atoms with Crippen LogP contribution in [0.25, 0.3) is 0 Å². The lowest BCUT2D eigenvalue weighted by atomic mass is 9.86. The molecule has 0 amide bonds. The van der Waals surface area contributed by atoms with E-state index in [0.29, 0.717) is 5.92 Å². The minimum absolute atomic E-state index is 0.0880. The first-order chi connectivity index (χ1) is 7.31. The van der Waals surface area contributed by atoms with Crippen LogP contribution in [0.4, 0.5) is 0 Å². The first-order valence-corrected chi connectivity index (χ1v) is 6.25. The van der Waals surface area contributed by atoms with E-state index in [1.165, 1.54) is 31.2 Å². The van der Waals surface area contributed by atoms with E-state index >= 15 is 0 Å². The van der Waals surface area contributed by atoms with Gasteiger partial charge in [-0.25, -0.2) is 0 Å². The van der Waals surface area contributed by atoms with Crippen LogP contribution in [0, 0.1) is 17.2 Å². The molecular formula is C13H14BrN. The van der Waals surface area contributed by atoms with Crippen LogP contribution in [-0.2, 0) is 0 Å². The van der Waals surface area contributed by atoms with E-state index in [1.807, 2.05) is 12.1 Å². The van der Waals surface area contributed by atoms with Gasteiger partial charge in [0.1, 0.15) is 0 Å². The van der Waals surface area contributed by atoms with Gasteiger partial charge in [0.05, 0.1) is 12.0 Å². The lowest BCUT2D eigenvalue weighted by Gasteiger charge is -2.16. The summed E-state index contributed by atoms with van der Waals surface area (Å²) < 4.78 is 1.07. The van der Waals surface area contributed by atoms with Crippen molar-refractivity contribution in [3.63, 3.8) is 0 Å². The quantitative estimate of drug-likeness (QED) is 0.783. The van der Waals surface area contributed by atoms with E-state index in [0.717, 1.165) is 4.47 Å². The Morgan fingerprint density at radius 2 is 2.07 bits per heavy atom. The summed E-state index contributed by atoms with van der Waals surface area (Å²) in [6.45, 7) is 0. The summed E-state index contributed by atoms with van der Waals surface area (Å²) in [6.07, 6.45) is 5.00. The van der Waals surface area contributed by atoms with Gasteiger partial charge in [-0.1, -0.05) is 40.9 Å². The van der Waals surface area contributed by atoms with E-state index in [4.69, 9.17) is 0 Å². The standard InChI is InChI=1S/C13H14BrN/c14-12-7-3-6-11(8-12)13(9-15)10-4-1-2-5-10/h3,6-8,10,13H,1-2,4-5H2/t13-/m1/s1. The van der Waals surface area contributed by atoms with E-state index in [2.05, 4.69) is 34.1 Å². The number of hydrogen-bond acceptors (Lipinski definition) is 1. The number of nitriles is 1. The van der Waals surface area contributed by atoms with Crippen molar-refractivity contribution in [2.75, 3.05) is 0 Å². The third-order valence-corrected chi connectivity index (χ3v) is 3.71. The second kappa shape index (κ2) is 4.81. The summed E-state index contributed by atoms with van der Waals surface area (Å²) in [5.41, 5.74) is 1.17. The van der Waals surface area contributed by atoms with Gasteiger partial charge in [0, 0.05) is 4.47 Å². The number of rotatable bonds is 2. The highest BCUT2D eigenvalue weighted by atomic mass is 79.9. The average molecular weight is 264 g/mol. The molecule has 1 aromatic carbocycles. The predicted octanol–water partition coefficient (Wildman–Crippen LogP) is 4.25. The molecule has 1 aromatic rings. The maximum atomic E-state index is 9.27. The molecule has 1 fully saturated rings. The Bertz CT molecular complexity index is 374. The summed E-state index contributed by atoms with van der Waals surface area (Å²) in [4.78, 5) is 0. The van der Waals surface area contributed by atoms with Gasteiger partial charge in [-0.3, -0.25) is 0 Å². The van der Waals surface area contributed by atoms with Crippen molar-refractivity contribution in [2.24, 2.45) is 5.92 Å². The van der Waals surface area contributed by atoms with Crippen LogP contribution in [-0.4, -0.2) is 0 Å². The second-order valence-electron chi connectivity index (χ2n) is 4.21. The van der Waals surface area contributed by atoms with Crippen LogP contribution >= 0.6 is 15.9 Å². The number of nitrogens with zero attached hydrogens (tertiary/aromatic N) is 1. The fourth-order valence-corrected chi connectivity index (χ4v) is 2.86. The van der Waals surface area contributed by atoms with Crippen molar-refractivity contribution in [1.29, 1.82) is 5.26 Å². The van der Waals surface area contributed by atoms with Crippen LogP contribution in [0.5, 0.6) is 0 Å². The zero-order chi connectivity index (χ0) is 10.7.